The zero-order valence-electron chi connectivity index (χ0n) is 17.5. The minimum absolute atomic E-state index is 0.0229. The molecule has 3 aromatic carbocycles. The van der Waals surface area contributed by atoms with E-state index < -0.39 is 0 Å². The Morgan fingerprint density at radius 3 is 2.43 bits per heavy atom. The van der Waals surface area contributed by atoms with Gasteiger partial charge < -0.3 is 14.8 Å². The molecule has 0 aliphatic carbocycles. The van der Waals surface area contributed by atoms with Gasteiger partial charge in [0.15, 0.2) is 0 Å². The Hall–Kier alpha value is -3.53. The highest BCUT2D eigenvalue weighted by Crippen LogP contribution is 2.25. The van der Waals surface area contributed by atoms with Gasteiger partial charge in [-0.25, -0.2) is 0 Å². The average molecular weight is 398 g/mol. The lowest BCUT2D eigenvalue weighted by atomic mass is 10.0. The first-order valence-corrected chi connectivity index (χ1v) is 10.3. The zero-order valence-corrected chi connectivity index (χ0v) is 17.5. The molecular weight excluding hydrogens is 370 g/mol. The smallest absolute Gasteiger partial charge is 0.240 e. The normalized spacial score (nSPS) is 10.9. The van der Waals surface area contributed by atoms with Crippen LogP contribution in [0.3, 0.4) is 0 Å². The molecule has 4 aromatic rings. The molecule has 1 heterocycles. The number of anilines is 1. The SMILES string of the molecule is Cc1ccc(-c2ccc3ccn(CC(=O)NCCN(C)c4ccccc4)c3c2)cc1. The fourth-order valence-electron chi connectivity index (χ4n) is 3.63. The molecule has 4 heteroatoms. The first-order chi connectivity index (χ1) is 14.6. The van der Waals surface area contributed by atoms with E-state index in [9.17, 15) is 4.79 Å². The van der Waals surface area contributed by atoms with Gasteiger partial charge >= 0.3 is 0 Å². The molecule has 1 aromatic heterocycles. The number of aromatic nitrogens is 1. The maximum atomic E-state index is 12.5. The van der Waals surface area contributed by atoms with Gasteiger partial charge in [0, 0.05) is 37.5 Å². The van der Waals surface area contributed by atoms with Crippen molar-refractivity contribution in [2.24, 2.45) is 0 Å². The van der Waals surface area contributed by atoms with E-state index in [1.54, 1.807) is 0 Å². The van der Waals surface area contributed by atoms with Crippen LogP contribution in [0.25, 0.3) is 22.0 Å². The number of nitrogens with one attached hydrogen (secondary N) is 1. The van der Waals surface area contributed by atoms with Crippen molar-refractivity contribution in [2.45, 2.75) is 13.5 Å². The van der Waals surface area contributed by atoms with Crippen molar-refractivity contribution in [1.29, 1.82) is 0 Å². The maximum absolute atomic E-state index is 12.5. The number of benzene rings is 3. The van der Waals surface area contributed by atoms with Crippen LogP contribution in [0.5, 0.6) is 0 Å². The Balaban J connectivity index is 1.40. The van der Waals surface area contributed by atoms with Crippen LogP contribution in [-0.4, -0.2) is 30.6 Å². The lowest BCUT2D eigenvalue weighted by molar-refractivity contribution is -0.121. The third-order valence-corrected chi connectivity index (χ3v) is 5.44. The zero-order chi connectivity index (χ0) is 20.9. The number of hydrogen-bond donors (Lipinski definition) is 1. The standard InChI is InChI=1S/C26H27N3O/c1-20-8-10-21(11-9-20)23-13-12-22-14-16-29(25(22)18-23)19-26(30)27-15-17-28(2)24-6-4-3-5-7-24/h3-14,16,18H,15,17,19H2,1-2H3,(H,27,30). The van der Waals surface area contributed by atoms with Gasteiger partial charge in [0.05, 0.1) is 0 Å². The minimum Gasteiger partial charge on any atom is -0.373 e. The summed E-state index contributed by atoms with van der Waals surface area (Å²) in [4.78, 5) is 14.7. The van der Waals surface area contributed by atoms with Crippen molar-refractivity contribution in [2.75, 3.05) is 25.0 Å². The number of hydrogen-bond acceptors (Lipinski definition) is 2. The summed E-state index contributed by atoms with van der Waals surface area (Å²) in [6.45, 7) is 3.78. The number of rotatable bonds is 7. The number of carbonyl (C=O) groups excluding carboxylic acids is 1. The summed E-state index contributed by atoms with van der Waals surface area (Å²) >= 11 is 0. The minimum atomic E-state index is 0.0229. The molecule has 0 aliphatic rings. The molecule has 4 rings (SSSR count). The maximum Gasteiger partial charge on any atom is 0.240 e. The van der Waals surface area contributed by atoms with E-state index in [-0.39, 0.29) is 5.91 Å². The van der Waals surface area contributed by atoms with E-state index in [2.05, 4.69) is 77.8 Å². The monoisotopic (exact) mass is 397 g/mol. The summed E-state index contributed by atoms with van der Waals surface area (Å²) in [6.07, 6.45) is 1.99. The summed E-state index contributed by atoms with van der Waals surface area (Å²) in [5.74, 6) is 0.0229. The molecule has 0 atom stereocenters. The summed E-state index contributed by atoms with van der Waals surface area (Å²) in [5, 5.41) is 4.18. The first-order valence-electron chi connectivity index (χ1n) is 10.3. The van der Waals surface area contributed by atoms with Gasteiger partial charge in [0.25, 0.3) is 0 Å². The molecule has 0 aliphatic heterocycles. The van der Waals surface area contributed by atoms with Crippen molar-refractivity contribution in [3.8, 4) is 11.1 Å². The Morgan fingerprint density at radius 2 is 1.67 bits per heavy atom. The molecule has 30 heavy (non-hydrogen) atoms. The van der Waals surface area contributed by atoms with Gasteiger partial charge in [0.2, 0.25) is 5.91 Å². The second-order valence-corrected chi connectivity index (χ2v) is 7.69. The van der Waals surface area contributed by atoms with Crippen LogP contribution in [-0.2, 0) is 11.3 Å². The van der Waals surface area contributed by atoms with E-state index in [1.165, 1.54) is 11.1 Å². The van der Waals surface area contributed by atoms with Crippen molar-refractivity contribution < 1.29 is 4.79 Å². The van der Waals surface area contributed by atoms with Gasteiger partial charge in [-0.05, 0) is 47.7 Å². The highest BCUT2D eigenvalue weighted by molar-refractivity contribution is 5.87. The predicted molar refractivity (Wildman–Crippen MR) is 125 cm³/mol. The van der Waals surface area contributed by atoms with Gasteiger partial charge in [0.1, 0.15) is 6.54 Å². The highest BCUT2D eigenvalue weighted by atomic mass is 16.1. The Kier molecular flexibility index (Phi) is 5.84. The molecule has 0 radical (unpaired) electrons. The van der Waals surface area contributed by atoms with Crippen LogP contribution < -0.4 is 10.2 Å². The average Bonchev–Trinajstić information content (AvgIpc) is 3.16. The van der Waals surface area contributed by atoms with Crippen LogP contribution in [0.1, 0.15) is 5.56 Å². The van der Waals surface area contributed by atoms with E-state index >= 15 is 0 Å². The Bertz CT molecular complexity index is 1130. The van der Waals surface area contributed by atoms with Crippen LogP contribution in [0.15, 0.2) is 85.1 Å². The molecule has 1 N–H and O–H groups in total. The number of para-hydroxylation sites is 1. The molecule has 4 nitrogen and oxygen atoms in total. The summed E-state index contributed by atoms with van der Waals surface area (Å²) in [5.41, 5.74) is 5.81. The summed E-state index contributed by atoms with van der Waals surface area (Å²) in [7, 11) is 2.04. The largest absolute Gasteiger partial charge is 0.373 e. The lowest BCUT2D eigenvalue weighted by Gasteiger charge is -2.19. The van der Waals surface area contributed by atoms with E-state index in [4.69, 9.17) is 0 Å². The van der Waals surface area contributed by atoms with Crippen LogP contribution in [0.2, 0.25) is 0 Å². The number of amides is 1. The molecule has 0 unspecified atom stereocenters. The van der Waals surface area contributed by atoms with Gasteiger partial charge in [-0.3, -0.25) is 4.79 Å². The Labute approximate surface area is 177 Å². The van der Waals surface area contributed by atoms with Gasteiger partial charge in [-0.15, -0.1) is 0 Å². The number of nitrogens with zero attached hydrogens (tertiary/aromatic N) is 2. The fraction of sp³-hybridized carbons (Fsp3) is 0.192. The third-order valence-electron chi connectivity index (χ3n) is 5.44. The summed E-state index contributed by atoms with van der Waals surface area (Å²) in [6, 6.07) is 27.2. The number of aryl methyl sites for hydroxylation is 1. The molecule has 0 bridgehead atoms. The van der Waals surface area contributed by atoms with Crippen molar-refractivity contribution in [3.63, 3.8) is 0 Å². The van der Waals surface area contributed by atoms with E-state index in [1.807, 2.05) is 36.0 Å². The summed E-state index contributed by atoms with van der Waals surface area (Å²) < 4.78 is 2.02. The molecule has 0 fully saturated rings. The van der Waals surface area contributed by atoms with Crippen LogP contribution >= 0.6 is 0 Å². The van der Waals surface area contributed by atoms with Crippen molar-refractivity contribution in [1.82, 2.24) is 9.88 Å². The molecule has 0 saturated heterocycles. The Morgan fingerprint density at radius 1 is 0.933 bits per heavy atom. The topological polar surface area (TPSA) is 37.3 Å². The molecule has 0 saturated carbocycles. The van der Waals surface area contributed by atoms with E-state index in [0.29, 0.717) is 13.1 Å². The second kappa shape index (κ2) is 8.87. The molecule has 0 spiro atoms. The van der Waals surface area contributed by atoms with Gasteiger partial charge in [-0.1, -0.05) is 60.2 Å². The van der Waals surface area contributed by atoms with Crippen molar-refractivity contribution >= 4 is 22.5 Å². The molecule has 152 valence electrons. The fourth-order valence-corrected chi connectivity index (χ4v) is 3.63. The van der Waals surface area contributed by atoms with Crippen molar-refractivity contribution in [3.05, 3.63) is 90.6 Å². The molecule has 1 amide bonds. The molecular formula is C26H27N3O. The van der Waals surface area contributed by atoms with Gasteiger partial charge in [-0.2, -0.15) is 0 Å². The van der Waals surface area contributed by atoms with Crippen LogP contribution in [0.4, 0.5) is 5.69 Å². The second-order valence-electron chi connectivity index (χ2n) is 7.69. The third kappa shape index (κ3) is 4.54. The highest BCUT2D eigenvalue weighted by Gasteiger charge is 2.08. The number of likely N-dealkylation sites (N-methyl/N-ethyl adjacent to an activating group) is 1. The lowest BCUT2D eigenvalue weighted by Crippen LogP contribution is -2.34. The predicted octanol–water partition coefficient (Wildman–Crippen LogP) is 4.87. The van der Waals surface area contributed by atoms with E-state index in [0.717, 1.165) is 28.7 Å². The number of carbonyl (C=O) groups is 1. The quantitative estimate of drug-likeness (QED) is 0.483. The van der Waals surface area contributed by atoms with Crippen LogP contribution in [0, 0.1) is 6.92 Å². The first kappa shape index (κ1) is 19.8. The number of fused-ring (bicyclic) bond motifs is 1.